The second kappa shape index (κ2) is 7.85. The monoisotopic (exact) mass is 272 g/mol. The first kappa shape index (κ1) is 16.4. The highest BCUT2D eigenvalue weighted by atomic mass is 17.2. The number of carbonyl (C=O) groups excluding carboxylic acids is 1. The number of hydrogen-bond acceptors (Lipinski definition) is 4. The fourth-order valence-corrected chi connectivity index (χ4v) is 3.22. The summed E-state index contributed by atoms with van der Waals surface area (Å²) in [5, 5.41) is 0. The maximum atomic E-state index is 10.9. The minimum atomic E-state index is -0.411. The third-order valence-electron chi connectivity index (χ3n) is 4.17. The van der Waals surface area contributed by atoms with Crippen molar-refractivity contribution in [2.45, 2.75) is 53.1 Å². The predicted octanol–water partition coefficient (Wildman–Crippen LogP) is 3.20. The van der Waals surface area contributed by atoms with E-state index in [4.69, 9.17) is 14.5 Å². The van der Waals surface area contributed by atoms with Crippen molar-refractivity contribution in [1.29, 1.82) is 0 Å². The van der Waals surface area contributed by atoms with Crippen LogP contribution >= 0.6 is 0 Å². The molecule has 1 rings (SSSR count). The second-order valence-corrected chi connectivity index (χ2v) is 6.15. The Labute approximate surface area is 116 Å². The molecule has 0 saturated heterocycles. The lowest BCUT2D eigenvalue weighted by Crippen LogP contribution is -2.40. The molecule has 112 valence electrons. The minimum absolute atomic E-state index is 0.163. The van der Waals surface area contributed by atoms with Gasteiger partial charge in [0.25, 0.3) is 0 Å². The fraction of sp³-hybridized carbons (Fsp3) is 0.933. The Morgan fingerprint density at radius 2 is 1.95 bits per heavy atom. The largest absolute Gasteiger partial charge is 0.382 e. The molecule has 0 heterocycles. The summed E-state index contributed by atoms with van der Waals surface area (Å²) < 4.78 is 5.24. The molecule has 4 nitrogen and oxygen atoms in total. The van der Waals surface area contributed by atoms with Crippen molar-refractivity contribution in [3.05, 3.63) is 0 Å². The Hall–Kier alpha value is -0.610. The van der Waals surface area contributed by atoms with Crippen molar-refractivity contribution in [2.24, 2.45) is 23.7 Å². The zero-order valence-electron chi connectivity index (χ0n) is 12.8. The van der Waals surface area contributed by atoms with Gasteiger partial charge >= 0.3 is 5.97 Å². The van der Waals surface area contributed by atoms with Crippen molar-refractivity contribution < 1.29 is 19.3 Å². The molecule has 0 aliphatic heterocycles. The van der Waals surface area contributed by atoms with Crippen LogP contribution < -0.4 is 0 Å². The van der Waals surface area contributed by atoms with Crippen LogP contribution in [0.1, 0.15) is 47.0 Å². The summed E-state index contributed by atoms with van der Waals surface area (Å²) in [5.74, 6) is 1.89. The van der Waals surface area contributed by atoms with Gasteiger partial charge in [0.05, 0.1) is 6.61 Å². The topological polar surface area (TPSA) is 44.8 Å². The predicted molar refractivity (Wildman–Crippen MR) is 73.3 cm³/mol. The molecule has 0 amide bonds. The van der Waals surface area contributed by atoms with Crippen LogP contribution in [0.2, 0.25) is 0 Å². The lowest BCUT2D eigenvalue weighted by atomic mass is 9.68. The van der Waals surface area contributed by atoms with Crippen LogP contribution in [0.25, 0.3) is 0 Å². The third-order valence-corrected chi connectivity index (χ3v) is 4.17. The van der Waals surface area contributed by atoms with Gasteiger partial charge in [-0.2, -0.15) is 4.89 Å². The van der Waals surface area contributed by atoms with Crippen LogP contribution in [-0.4, -0.2) is 25.8 Å². The maximum Gasteiger partial charge on any atom is 0.339 e. The number of ether oxygens (including phenoxy) is 1. The van der Waals surface area contributed by atoms with Crippen molar-refractivity contribution in [3.8, 4) is 0 Å². The van der Waals surface area contributed by atoms with Crippen LogP contribution in [0.3, 0.4) is 0 Å². The smallest absolute Gasteiger partial charge is 0.339 e. The highest BCUT2D eigenvalue weighted by Crippen LogP contribution is 2.40. The van der Waals surface area contributed by atoms with Gasteiger partial charge in [-0.15, -0.1) is 0 Å². The average Bonchev–Trinajstić information content (AvgIpc) is 2.33. The minimum Gasteiger partial charge on any atom is -0.382 e. The molecular weight excluding hydrogens is 244 g/mol. The van der Waals surface area contributed by atoms with E-state index in [-0.39, 0.29) is 6.10 Å². The van der Waals surface area contributed by atoms with E-state index in [9.17, 15) is 4.79 Å². The van der Waals surface area contributed by atoms with Crippen LogP contribution in [-0.2, 0) is 19.3 Å². The van der Waals surface area contributed by atoms with Gasteiger partial charge in [-0.3, -0.25) is 4.89 Å². The van der Waals surface area contributed by atoms with Gasteiger partial charge in [0.15, 0.2) is 0 Å². The van der Waals surface area contributed by atoms with E-state index in [2.05, 4.69) is 20.8 Å². The summed E-state index contributed by atoms with van der Waals surface area (Å²) in [7, 11) is 1.65. The Balaban J connectivity index is 2.72. The van der Waals surface area contributed by atoms with Gasteiger partial charge in [-0.05, 0) is 36.5 Å². The Bertz CT molecular complexity index is 277. The van der Waals surface area contributed by atoms with E-state index < -0.39 is 5.97 Å². The summed E-state index contributed by atoms with van der Waals surface area (Å²) in [6.45, 7) is 8.60. The van der Waals surface area contributed by atoms with Gasteiger partial charge in [0.2, 0.25) is 0 Å². The summed E-state index contributed by atoms with van der Waals surface area (Å²) in [6, 6.07) is 0. The van der Waals surface area contributed by atoms with Gasteiger partial charge in [-0.1, -0.05) is 27.2 Å². The van der Waals surface area contributed by atoms with E-state index in [0.29, 0.717) is 30.3 Å². The number of methoxy groups -OCH3 is 1. The molecule has 1 saturated carbocycles. The Morgan fingerprint density at radius 1 is 1.26 bits per heavy atom. The van der Waals surface area contributed by atoms with Crippen molar-refractivity contribution in [2.75, 3.05) is 13.7 Å². The van der Waals surface area contributed by atoms with Gasteiger partial charge in [-0.25, -0.2) is 4.79 Å². The zero-order chi connectivity index (χ0) is 14.4. The Kier molecular flexibility index (Phi) is 6.80. The molecule has 1 aliphatic carbocycles. The quantitative estimate of drug-likeness (QED) is 0.550. The molecule has 1 aliphatic rings. The molecule has 0 N–H and O–H groups in total. The lowest BCUT2D eigenvalue weighted by Gasteiger charge is -2.40. The van der Waals surface area contributed by atoms with Crippen molar-refractivity contribution in [3.63, 3.8) is 0 Å². The molecule has 4 heteroatoms. The van der Waals surface area contributed by atoms with Crippen LogP contribution in [0.15, 0.2) is 0 Å². The van der Waals surface area contributed by atoms with Crippen molar-refractivity contribution in [1.82, 2.24) is 0 Å². The van der Waals surface area contributed by atoms with E-state index in [0.717, 1.165) is 6.42 Å². The molecule has 19 heavy (non-hydrogen) atoms. The van der Waals surface area contributed by atoms with Gasteiger partial charge in [0.1, 0.15) is 6.10 Å². The molecular formula is C15H28O4. The standard InChI is InChI=1S/C15H28O4/c1-10(2)13-7-6-11(3)8-14(13)15(9-17-5)19-18-12(4)16/h10-11,13-15H,6-9H2,1-5H3. The average molecular weight is 272 g/mol. The third kappa shape index (κ3) is 5.11. The molecule has 4 atom stereocenters. The van der Waals surface area contributed by atoms with Gasteiger partial charge < -0.3 is 4.74 Å². The highest BCUT2D eigenvalue weighted by molar-refractivity contribution is 5.65. The van der Waals surface area contributed by atoms with E-state index in [1.54, 1.807) is 7.11 Å². The lowest BCUT2D eigenvalue weighted by molar-refractivity contribution is -0.316. The highest BCUT2D eigenvalue weighted by Gasteiger charge is 2.37. The molecule has 0 spiro atoms. The second-order valence-electron chi connectivity index (χ2n) is 6.15. The summed E-state index contributed by atoms with van der Waals surface area (Å²) in [6.07, 6.45) is 3.43. The molecule has 0 aromatic carbocycles. The van der Waals surface area contributed by atoms with Crippen LogP contribution in [0.4, 0.5) is 0 Å². The first-order chi connectivity index (χ1) is 8.95. The van der Waals surface area contributed by atoms with Crippen molar-refractivity contribution >= 4 is 5.97 Å². The number of carbonyl (C=O) groups is 1. The zero-order valence-corrected chi connectivity index (χ0v) is 12.8. The SMILES string of the molecule is COCC(OOC(C)=O)C1CC(C)CCC1C(C)C. The molecule has 1 fully saturated rings. The molecule has 0 bridgehead atoms. The maximum absolute atomic E-state index is 10.9. The summed E-state index contributed by atoms with van der Waals surface area (Å²) in [5.41, 5.74) is 0. The first-order valence-electron chi connectivity index (χ1n) is 7.28. The fourth-order valence-electron chi connectivity index (χ4n) is 3.22. The van der Waals surface area contributed by atoms with Gasteiger partial charge in [0, 0.05) is 14.0 Å². The number of hydrogen-bond donors (Lipinski definition) is 0. The normalized spacial score (nSPS) is 29.3. The molecule has 4 unspecified atom stereocenters. The van der Waals surface area contributed by atoms with Crippen LogP contribution in [0, 0.1) is 23.7 Å². The number of rotatable bonds is 6. The van der Waals surface area contributed by atoms with E-state index in [1.165, 1.54) is 19.8 Å². The summed E-state index contributed by atoms with van der Waals surface area (Å²) in [4.78, 5) is 21.0. The molecule has 0 radical (unpaired) electrons. The molecule has 0 aromatic heterocycles. The van der Waals surface area contributed by atoms with Crippen LogP contribution in [0.5, 0.6) is 0 Å². The molecule has 0 aromatic rings. The first-order valence-corrected chi connectivity index (χ1v) is 7.28. The summed E-state index contributed by atoms with van der Waals surface area (Å²) >= 11 is 0. The van der Waals surface area contributed by atoms with E-state index >= 15 is 0 Å². The van der Waals surface area contributed by atoms with E-state index in [1.807, 2.05) is 0 Å². The Morgan fingerprint density at radius 3 is 2.47 bits per heavy atom.